The van der Waals surface area contributed by atoms with E-state index in [0.29, 0.717) is 34.3 Å². The van der Waals surface area contributed by atoms with Gasteiger partial charge in [0.05, 0.1) is 6.10 Å². The average molecular weight is 276 g/mol. The maximum atomic E-state index is 11.2. The summed E-state index contributed by atoms with van der Waals surface area (Å²) in [5, 5.41) is 20.2. The molecule has 1 aliphatic rings. The van der Waals surface area contributed by atoms with Crippen molar-refractivity contribution in [3.63, 3.8) is 0 Å². The first kappa shape index (κ1) is 13.0. The second kappa shape index (κ2) is 3.99. The van der Waals surface area contributed by atoms with Crippen molar-refractivity contribution < 1.29 is 24.2 Å². The Balaban J connectivity index is 2.31. The number of aromatic carboxylic acids is 1. The van der Waals surface area contributed by atoms with Gasteiger partial charge in [0.1, 0.15) is 16.9 Å². The second-order valence-electron chi connectivity index (χ2n) is 5.79. The molecule has 1 atom stereocenters. The van der Waals surface area contributed by atoms with Gasteiger partial charge in [0.2, 0.25) is 5.76 Å². The monoisotopic (exact) mass is 276 g/mol. The summed E-state index contributed by atoms with van der Waals surface area (Å²) in [6.45, 7) is 5.50. The normalized spacial score (nSPS) is 20.5. The van der Waals surface area contributed by atoms with Gasteiger partial charge >= 0.3 is 5.97 Å². The summed E-state index contributed by atoms with van der Waals surface area (Å²) in [5.74, 6) is -0.619. The Bertz CT molecular complexity index is 711. The molecule has 5 nitrogen and oxygen atoms in total. The van der Waals surface area contributed by atoms with Crippen molar-refractivity contribution >= 4 is 16.9 Å². The summed E-state index contributed by atoms with van der Waals surface area (Å²) in [5.41, 5.74) is 1.15. The molecule has 0 bridgehead atoms. The lowest BCUT2D eigenvalue weighted by atomic mass is 9.89. The zero-order valence-corrected chi connectivity index (χ0v) is 11.6. The topological polar surface area (TPSA) is 79.9 Å². The highest BCUT2D eigenvalue weighted by Crippen LogP contribution is 2.45. The summed E-state index contributed by atoms with van der Waals surface area (Å²) in [4.78, 5) is 11.2. The van der Waals surface area contributed by atoms with E-state index in [4.69, 9.17) is 14.3 Å². The van der Waals surface area contributed by atoms with Crippen molar-refractivity contribution in [2.75, 3.05) is 0 Å². The number of aliphatic hydroxyl groups excluding tert-OH is 1. The minimum Gasteiger partial charge on any atom is -0.487 e. The van der Waals surface area contributed by atoms with Crippen LogP contribution in [0.1, 0.15) is 48.1 Å². The van der Waals surface area contributed by atoms with Crippen LogP contribution in [0.3, 0.4) is 0 Å². The Kier molecular flexibility index (Phi) is 2.59. The first-order chi connectivity index (χ1) is 9.30. The molecule has 0 saturated carbocycles. The number of fused-ring (bicyclic) bond motifs is 3. The maximum absolute atomic E-state index is 11.2. The highest BCUT2D eigenvalue weighted by atomic mass is 16.5. The van der Waals surface area contributed by atoms with Gasteiger partial charge in [0.15, 0.2) is 0 Å². The average Bonchev–Trinajstić information content (AvgIpc) is 2.65. The van der Waals surface area contributed by atoms with Gasteiger partial charge in [-0.25, -0.2) is 4.79 Å². The van der Waals surface area contributed by atoms with Gasteiger partial charge in [-0.3, -0.25) is 0 Å². The molecule has 3 rings (SSSR count). The molecule has 106 valence electrons. The zero-order chi connectivity index (χ0) is 14.7. The lowest BCUT2D eigenvalue weighted by Crippen LogP contribution is -2.34. The number of carbonyl (C=O) groups is 1. The standard InChI is InChI=1S/C15H16O5/c1-7-11-9(19-13(7)14(17)18)4-5-10-12(11)8(16)6-15(2,3)20-10/h4-5,8,16H,6H2,1-3H3,(H,17,18)/t8-/m0/s1. The molecule has 1 aliphatic heterocycles. The van der Waals surface area contributed by atoms with Crippen LogP contribution >= 0.6 is 0 Å². The predicted octanol–water partition coefficient (Wildman–Crippen LogP) is 3.03. The molecular formula is C15H16O5. The molecule has 0 amide bonds. The molecule has 5 heteroatoms. The van der Waals surface area contributed by atoms with Crippen molar-refractivity contribution in [2.24, 2.45) is 0 Å². The Morgan fingerprint density at radius 1 is 1.40 bits per heavy atom. The summed E-state index contributed by atoms with van der Waals surface area (Å²) >= 11 is 0. The van der Waals surface area contributed by atoms with Crippen molar-refractivity contribution in [3.05, 3.63) is 29.0 Å². The van der Waals surface area contributed by atoms with Gasteiger partial charge < -0.3 is 19.4 Å². The van der Waals surface area contributed by atoms with Crippen molar-refractivity contribution in [3.8, 4) is 5.75 Å². The lowest BCUT2D eigenvalue weighted by molar-refractivity contribution is 0.0126. The summed E-state index contributed by atoms with van der Waals surface area (Å²) in [6.07, 6.45) is -0.248. The third-order valence-electron chi connectivity index (χ3n) is 3.69. The molecule has 2 aromatic rings. The molecule has 0 fully saturated rings. The fourth-order valence-electron chi connectivity index (χ4n) is 2.88. The maximum Gasteiger partial charge on any atom is 0.372 e. The Labute approximate surface area is 115 Å². The highest BCUT2D eigenvalue weighted by molar-refractivity contribution is 5.97. The molecule has 0 saturated heterocycles. The SMILES string of the molecule is Cc1c(C(=O)O)oc2ccc3c(c12)[C@@H](O)CC(C)(C)O3. The third-order valence-corrected chi connectivity index (χ3v) is 3.69. The number of aryl methyl sites for hydroxylation is 1. The van der Waals surface area contributed by atoms with E-state index >= 15 is 0 Å². The number of rotatable bonds is 1. The van der Waals surface area contributed by atoms with Gasteiger partial charge in [-0.15, -0.1) is 0 Å². The molecule has 0 unspecified atom stereocenters. The number of hydrogen-bond donors (Lipinski definition) is 2. The van der Waals surface area contributed by atoms with Crippen LogP contribution in [0.4, 0.5) is 0 Å². The van der Waals surface area contributed by atoms with Gasteiger partial charge in [0, 0.05) is 22.9 Å². The van der Waals surface area contributed by atoms with E-state index in [9.17, 15) is 9.90 Å². The molecule has 2 heterocycles. The Hall–Kier alpha value is -2.01. The van der Waals surface area contributed by atoms with E-state index in [2.05, 4.69) is 0 Å². The van der Waals surface area contributed by atoms with Crippen LogP contribution in [0.5, 0.6) is 5.75 Å². The molecule has 1 aromatic heterocycles. The minimum atomic E-state index is -1.11. The van der Waals surface area contributed by atoms with Crippen molar-refractivity contribution in [1.29, 1.82) is 0 Å². The van der Waals surface area contributed by atoms with Crippen LogP contribution in [0.15, 0.2) is 16.5 Å². The van der Waals surface area contributed by atoms with E-state index in [1.807, 2.05) is 13.8 Å². The molecule has 0 radical (unpaired) electrons. The van der Waals surface area contributed by atoms with Crippen LogP contribution in [-0.4, -0.2) is 21.8 Å². The number of carboxylic acid groups (broad SMARTS) is 1. The van der Waals surface area contributed by atoms with E-state index in [1.54, 1.807) is 19.1 Å². The highest BCUT2D eigenvalue weighted by Gasteiger charge is 2.35. The number of furan rings is 1. The number of benzene rings is 1. The molecule has 0 aliphatic carbocycles. The number of aliphatic hydroxyl groups is 1. The van der Waals surface area contributed by atoms with Gasteiger partial charge in [-0.2, -0.15) is 0 Å². The van der Waals surface area contributed by atoms with Crippen molar-refractivity contribution in [2.45, 2.75) is 38.9 Å². The molecule has 2 N–H and O–H groups in total. The smallest absolute Gasteiger partial charge is 0.372 e. The number of hydrogen-bond acceptors (Lipinski definition) is 4. The number of carboxylic acids is 1. The van der Waals surface area contributed by atoms with E-state index in [0.717, 1.165) is 0 Å². The number of ether oxygens (including phenoxy) is 1. The van der Waals surface area contributed by atoms with Crippen LogP contribution in [0.2, 0.25) is 0 Å². The second-order valence-corrected chi connectivity index (χ2v) is 5.79. The zero-order valence-electron chi connectivity index (χ0n) is 11.6. The molecular weight excluding hydrogens is 260 g/mol. The predicted molar refractivity (Wildman–Crippen MR) is 72.2 cm³/mol. The fourth-order valence-corrected chi connectivity index (χ4v) is 2.88. The van der Waals surface area contributed by atoms with Crippen LogP contribution < -0.4 is 4.74 Å². The third kappa shape index (κ3) is 1.78. The summed E-state index contributed by atoms with van der Waals surface area (Å²) in [6, 6.07) is 3.40. The van der Waals surface area contributed by atoms with Crippen molar-refractivity contribution in [1.82, 2.24) is 0 Å². The van der Waals surface area contributed by atoms with Gasteiger partial charge in [-0.05, 0) is 32.9 Å². The Morgan fingerprint density at radius 2 is 2.10 bits per heavy atom. The van der Waals surface area contributed by atoms with Crippen LogP contribution in [-0.2, 0) is 0 Å². The largest absolute Gasteiger partial charge is 0.487 e. The first-order valence-electron chi connectivity index (χ1n) is 6.46. The van der Waals surface area contributed by atoms with Gasteiger partial charge in [-0.1, -0.05) is 0 Å². The van der Waals surface area contributed by atoms with E-state index in [1.165, 1.54) is 0 Å². The van der Waals surface area contributed by atoms with E-state index < -0.39 is 17.7 Å². The summed E-state index contributed by atoms with van der Waals surface area (Å²) in [7, 11) is 0. The van der Waals surface area contributed by atoms with E-state index in [-0.39, 0.29) is 5.76 Å². The summed E-state index contributed by atoms with van der Waals surface area (Å²) < 4.78 is 11.2. The molecule has 0 spiro atoms. The van der Waals surface area contributed by atoms with Crippen LogP contribution in [0.25, 0.3) is 11.0 Å². The molecule has 1 aromatic carbocycles. The fraction of sp³-hybridized carbons (Fsp3) is 0.400. The molecule has 20 heavy (non-hydrogen) atoms. The minimum absolute atomic E-state index is 0.0922. The quantitative estimate of drug-likeness (QED) is 0.836. The lowest BCUT2D eigenvalue weighted by Gasteiger charge is -2.35. The first-order valence-corrected chi connectivity index (χ1v) is 6.46. The Morgan fingerprint density at radius 3 is 2.75 bits per heavy atom. The van der Waals surface area contributed by atoms with Gasteiger partial charge in [0.25, 0.3) is 0 Å². The van der Waals surface area contributed by atoms with Crippen LogP contribution in [0, 0.1) is 6.92 Å².